The number of halogens is 1. The summed E-state index contributed by atoms with van der Waals surface area (Å²) in [5.74, 6) is -0.193. The van der Waals surface area contributed by atoms with Gasteiger partial charge in [0.15, 0.2) is 5.82 Å². The number of nitrogens with two attached hydrogens (primary N) is 2. The maximum Gasteiger partial charge on any atom is 0.240 e. The van der Waals surface area contributed by atoms with Crippen LogP contribution in [0.5, 0.6) is 0 Å². The number of carbonyl (C=O) groups excluding carboxylic acids is 1. The molecule has 0 aliphatic heterocycles. The van der Waals surface area contributed by atoms with E-state index in [9.17, 15) is 9.18 Å². The van der Waals surface area contributed by atoms with Gasteiger partial charge in [0.05, 0.1) is 22.8 Å². The molecule has 1 aliphatic rings. The molecule has 1 saturated carbocycles. The quantitative estimate of drug-likeness (QED) is 0.552. The van der Waals surface area contributed by atoms with Gasteiger partial charge in [-0.05, 0) is 26.2 Å². The number of nitrogens with zero attached hydrogens (tertiary/aromatic N) is 3. The third-order valence-electron chi connectivity index (χ3n) is 4.90. The highest BCUT2D eigenvalue weighted by molar-refractivity contribution is 5.89. The molecular weight excluding hydrogens is 349 g/mol. The molecule has 1 atom stereocenters. The van der Waals surface area contributed by atoms with Gasteiger partial charge in [-0.1, -0.05) is 19.8 Å². The molecule has 0 radical (unpaired) electrons. The summed E-state index contributed by atoms with van der Waals surface area (Å²) in [5.41, 5.74) is 11.3. The summed E-state index contributed by atoms with van der Waals surface area (Å²) in [6, 6.07) is 1.27. The molecule has 3 rings (SSSR count). The number of nitrogen functional groups attached to an aromatic ring is 1. The van der Waals surface area contributed by atoms with Crippen molar-refractivity contribution in [3.8, 4) is 0 Å². The van der Waals surface area contributed by atoms with E-state index in [1.54, 1.807) is 0 Å². The summed E-state index contributed by atoms with van der Waals surface area (Å²) < 4.78 is 13.5. The highest BCUT2D eigenvalue weighted by Gasteiger charge is 2.46. The lowest BCUT2D eigenvalue weighted by molar-refractivity contribution is -0.123. The van der Waals surface area contributed by atoms with Gasteiger partial charge in [-0.3, -0.25) is 4.79 Å². The molecule has 8 nitrogen and oxygen atoms in total. The average molecular weight is 375 g/mol. The van der Waals surface area contributed by atoms with Crippen LogP contribution in [0.2, 0.25) is 0 Å². The van der Waals surface area contributed by atoms with Crippen LogP contribution in [0, 0.1) is 5.82 Å². The number of hydrogen-bond donors (Lipinski definition) is 4. The van der Waals surface area contributed by atoms with Crippen molar-refractivity contribution in [3.63, 3.8) is 0 Å². The topological polar surface area (TPSA) is 132 Å². The van der Waals surface area contributed by atoms with Gasteiger partial charge in [0.25, 0.3) is 0 Å². The Kier molecular flexibility index (Phi) is 5.14. The molecule has 0 saturated heterocycles. The Hall–Kier alpha value is -2.55. The average Bonchev–Trinajstić information content (AvgIpc) is 3.36. The number of fused-ring (bicyclic) bond motifs is 1. The van der Waals surface area contributed by atoms with E-state index < -0.39 is 16.9 Å². The first-order valence-corrected chi connectivity index (χ1v) is 9.19. The minimum atomic E-state index is -0.725. The van der Waals surface area contributed by atoms with Gasteiger partial charge in [0.1, 0.15) is 11.3 Å². The second kappa shape index (κ2) is 7.22. The molecule has 6 N–H and O–H groups in total. The molecule has 1 aliphatic carbocycles. The number of anilines is 2. The standard InChI is InChI=1S/C18H26FN7O/c1-3-4-5-17(2,10-23-15(27)18(21)6-7-18)26-14-13-12(24-16(20)25-14)8-11(19)9-22-13/h8-9H,3-7,10,21H2,1-2H3,(H,23,27)(H3,20,24,25,26). The van der Waals surface area contributed by atoms with Crippen LogP contribution in [-0.4, -0.2) is 38.5 Å². The fourth-order valence-electron chi connectivity index (χ4n) is 2.96. The predicted molar refractivity (Wildman–Crippen MR) is 102 cm³/mol. The maximum atomic E-state index is 13.5. The van der Waals surface area contributed by atoms with Gasteiger partial charge in [0, 0.05) is 12.6 Å². The van der Waals surface area contributed by atoms with Crippen molar-refractivity contribution in [3.05, 3.63) is 18.1 Å². The van der Waals surface area contributed by atoms with E-state index in [1.165, 1.54) is 6.07 Å². The molecule has 1 amide bonds. The second-order valence-electron chi connectivity index (χ2n) is 7.58. The Labute approximate surface area is 157 Å². The summed E-state index contributed by atoms with van der Waals surface area (Å²) in [4.78, 5) is 24.6. The van der Waals surface area contributed by atoms with Gasteiger partial charge >= 0.3 is 0 Å². The van der Waals surface area contributed by atoms with E-state index in [1.807, 2.05) is 6.92 Å². The van der Waals surface area contributed by atoms with Crippen molar-refractivity contribution in [2.45, 2.75) is 57.0 Å². The Morgan fingerprint density at radius 3 is 2.81 bits per heavy atom. The van der Waals surface area contributed by atoms with Crippen LogP contribution in [0.1, 0.15) is 46.0 Å². The predicted octanol–water partition coefficient (Wildman–Crippen LogP) is 1.71. The largest absolute Gasteiger partial charge is 0.368 e. The SMILES string of the molecule is CCCCC(C)(CNC(=O)C1(N)CC1)Nc1nc(N)nc2cc(F)cnc12. The van der Waals surface area contributed by atoms with Crippen molar-refractivity contribution in [1.82, 2.24) is 20.3 Å². The summed E-state index contributed by atoms with van der Waals surface area (Å²) in [7, 11) is 0. The number of aromatic nitrogens is 3. The third-order valence-corrected chi connectivity index (χ3v) is 4.90. The van der Waals surface area contributed by atoms with E-state index in [0.29, 0.717) is 36.2 Å². The third kappa shape index (κ3) is 4.41. The molecule has 0 bridgehead atoms. The van der Waals surface area contributed by atoms with Crippen LogP contribution in [0.15, 0.2) is 12.3 Å². The van der Waals surface area contributed by atoms with Crippen LogP contribution >= 0.6 is 0 Å². The summed E-state index contributed by atoms with van der Waals surface area (Å²) in [6.07, 6.45) is 5.27. The Bertz CT molecular complexity index is 850. The Balaban J connectivity index is 1.85. The number of unbranched alkanes of at least 4 members (excludes halogenated alkanes) is 1. The monoisotopic (exact) mass is 375 g/mol. The molecule has 9 heteroatoms. The van der Waals surface area contributed by atoms with Crippen molar-refractivity contribution in [1.29, 1.82) is 0 Å². The van der Waals surface area contributed by atoms with E-state index in [2.05, 4.69) is 32.5 Å². The Morgan fingerprint density at radius 2 is 2.15 bits per heavy atom. The van der Waals surface area contributed by atoms with Crippen molar-refractivity contribution >= 4 is 28.7 Å². The summed E-state index contributed by atoms with van der Waals surface area (Å²) >= 11 is 0. The molecular formula is C18H26FN7O. The number of hydrogen-bond acceptors (Lipinski definition) is 7. The molecule has 0 spiro atoms. The van der Waals surface area contributed by atoms with E-state index in [-0.39, 0.29) is 11.9 Å². The molecule has 1 unspecified atom stereocenters. The van der Waals surface area contributed by atoms with Crippen LogP contribution < -0.4 is 22.1 Å². The lowest BCUT2D eigenvalue weighted by Gasteiger charge is -2.32. The molecule has 0 aromatic carbocycles. The Morgan fingerprint density at radius 1 is 1.41 bits per heavy atom. The number of pyridine rings is 1. The smallest absolute Gasteiger partial charge is 0.240 e. The van der Waals surface area contributed by atoms with Crippen molar-refractivity contribution < 1.29 is 9.18 Å². The molecule has 2 heterocycles. The van der Waals surface area contributed by atoms with Gasteiger partial charge in [-0.2, -0.15) is 4.98 Å². The fourth-order valence-corrected chi connectivity index (χ4v) is 2.96. The maximum absolute atomic E-state index is 13.5. The zero-order valence-corrected chi connectivity index (χ0v) is 15.7. The lowest BCUT2D eigenvalue weighted by Crippen LogP contribution is -2.51. The molecule has 2 aromatic heterocycles. The van der Waals surface area contributed by atoms with Crippen molar-refractivity contribution in [2.24, 2.45) is 5.73 Å². The molecule has 1 fully saturated rings. The first-order chi connectivity index (χ1) is 12.7. The fraction of sp³-hybridized carbons (Fsp3) is 0.556. The van der Waals surface area contributed by atoms with E-state index in [4.69, 9.17) is 11.5 Å². The molecule has 2 aromatic rings. The first-order valence-electron chi connectivity index (χ1n) is 9.19. The second-order valence-corrected chi connectivity index (χ2v) is 7.58. The van der Waals surface area contributed by atoms with Crippen molar-refractivity contribution in [2.75, 3.05) is 17.6 Å². The van der Waals surface area contributed by atoms with Crippen LogP contribution in [0.3, 0.4) is 0 Å². The minimum Gasteiger partial charge on any atom is -0.368 e. The summed E-state index contributed by atoms with van der Waals surface area (Å²) in [6.45, 7) is 4.46. The van der Waals surface area contributed by atoms with Gasteiger partial charge in [0.2, 0.25) is 11.9 Å². The van der Waals surface area contributed by atoms with Crippen LogP contribution in [0.4, 0.5) is 16.2 Å². The normalized spacial score (nSPS) is 17.3. The zero-order chi connectivity index (χ0) is 19.7. The molecule has 146 valence electrons. The van der Waals surface area contributed by atoms with Gasteiger partial charge in [-0.15, -0.1) is 0 Å². The van der Waals surface area contributed by atoms with E-state index in [0.717, 1.165) is 25.5 Å². The zero-order valence-electron chi connectivity index (χ0n) is 15.7. The molecule has 27 heavy (non-hydrogen) atoms. The summed E-state index contributed by atoms with van der Waals surface area (Å²) in [5, 5.41) is 6.29. The number of rotatable bonds is 8. The van der Waals surface area contributed by atoms with Crippen LogP contribution in [0.25, 0.3) is 11.0 Å². The first kappa shape index (κ1) is 19.2. The number of carbonyl (C=O) groups is 1. The lowest BCUT2D eigenvalue weighted by atomic mass is 9.94. The highest BCUT2D eigenvalue weighted by atomic mass is 19.1. The number of nitrogens with one attached hydrogen (secondary N) is 2. The highest BCUT2D eigenvalue weighted by Crippen LogP contribution is 2.32. The van der Waals surface area contributed by atoms with Gasteiger partial charge in [-0.25, -0.2) is 14.4 Å². The van der Waals surface area contributed by atoms with E-state index >= 15 is 0 Å². The number of amides is 1. The minimum absolute atomic E-state index is 0.0261. The van der Waals surface area contributed by atoms with Crippen LogP contribution in [-0.2, 0) is 4.79 Å². The van der Waals surface area contributed by atoms with Gasteiger partial charge < -0.3 is 22.1 Å².